The van der Waals surface area contributed by atoms with Crippen LogP contribution in [-0.2, 0) is 21.1 Å². The number of fused-ring (bicyclic) bond motifs is 13. The van der Waals surface area contributed by atoms with Crippen LogP contribution in [0, 0.1) is 18.8 Å². The molecule has 15 rings (SSSR count). The van der Waals surface area contributed by atoms with E-state index in [1.54, 1.807) is 6.20 Å². The second kappa shape index (κ2) is 16.1. The van der Waals surface area contributed by atoms with E-state index in [0.29, 0.717) is 28.5 Å². The molecule has 6 heterocycles. The average molecular weight is 1100 g/mol. The molecule has 9 nitrogen and oxygen atoms in total. The quantitative estimate of drug-likeness (QED) is 0.147. The zero-order valence-electron chi connectivity index (χ0n) is 37.4. The van der Waals surface area contributed by atoms with Gasteiger partial charge in [0.1, 0.15) is 22.6 Å². The number of imidazole rings is 2. The van der Waals surface area contributed by atoms with Gasteiger partial charge in [0.05, 0.1) is 22.4 Å². The molecule has 1 aliphatic heterocycles. The summed E-state index contributed by atoms with van der Waals surface area (Å²) in [6.07, 6.45) is 1.79. The van der Waals surface area contributed by atoms with Crippen LogP contribution in [0.1, 0.15) is 0 Å². The third-order valence-electron chi connectivity index (χ3n) is 13.5. The maximum absolute atomic E-state index is 7.05. The van der Waals surface area contributed by atoms with Gasteiger partial charge in [-0.15, -0.1) is 37.0 Å². The first-order chi connectivity index (χ1) is 34.7. The summed E-state index contributed by atoms with van der Waals surface area (Å²) in [5.74, 6) is 2.30. The first-order valence-corrected chi connectivity index (χ1v) is 23.1. The van der Waals surface area contributed by atoms with Crippen LogP contribution in [0.3, 0.4) is 0 Å². The van der Waals surface area contributed by atoms with Crippen LogP contribution in [0.5, 0.6) is 11.5 Å². The van der Waals surface area contributed by atoms with Crippen molar-refractivity contribution in [3.8, 4) is 39.6 Å². The van der Waals surface area contributed by atoms with Crippen LogP contribution in [0.25, 0.3) is 99.8 Å². The Balaban J connectivity index is 0.00000470. The van der Waals surface area contributed by atoms with Crippen molar-refractivity contribution in [1.29, 1.82) is 0 Å². The molecule has 0 amide bonds. The van der Waals surface area contributed by atoms with Gasteiger partial charge in [-0.2, -0.15) is 0 Å². The molecule has 14 aromatic rings. The van der Waals surface area contributed by atoms with E-state index in [9.17, 15) is 0 Å². The van der Waals surface area contributed by atoms with Crippen LogP contribution >= 0.6 is 0 Å². The fourth-order valence-electron chi connectivity index (χ4n) is 10.4. The predicted octanol–water partition coefficient (Wildman–Crippen LogP) is 15.8. The number of anilines is 4. The minimum Gasteiger partial charge on any atom is -0.512 e. The van der Waals surface area contributed by atoms with Gasteiger partial charge >= 0.3 is 0 Å². The Bertz CT molecular complexity index is 4330. The molecule has 71 heavy (non-hydrogen) atoms. The zero-order chi connectivity index (χ0) is 45.9. The fraction of sp³-hybridized carbons (Fsp3) is 0. The molecule has 0 saturated carbocycles. The van der Waals surface area contributed by atoms with Crippen LogP contribution in [0.4, 0.5) is 22.7 Å². The minimum absolute atomic E-state index is 0. The Morgan fingerprint density at radius 2 is 1.24 bits per heavy atom. The maximum Gasteiger partial charge on any atom is 0.208 e. The molecule has 10 heteroatoms. The summed E-state index contributed by atoms with van der Waals surface area (Å²) in [6, 6.07) is 75.9. The molecular formula is C61H35N6O3Pt-3. The molecule has 340 valence electrons. The van der Waals surface area contributed by atoms with Gasteiger partial charge in [0.2, 0.25) is 5.78 Å². The number of para-hydroxylation sites is 6. The van der Waals surface area contributed by atoms with Gasteiger partial charge in [0.15, 0.2) is 0 Å². The second-order valence-corrected chi connectivity index (χ2v) is 17.4. The van der Waals surface area contributed by atoms with Gasteiger partial charge in [0.25, 0.3) is 0 Å². The molecule has 9 aromatic carbocycles. The number of furan rings is 2. The van der Waals surface area contributed by atoms with Crippen molar-refractivity contribution in [1.82, 2.24) is 18.9 Å². The van der Waals surface area contributed by atoms with Crippen molar-refractivity contribution < 1.29 is 34.6 Å². The van der Waals surface area contributed by atoms with Crippen molar-refractivity contribution in [2.75, 3.05) is 9.80 Å². The summed E-state index contributed by atoms with van der Waals surface area (Å²) in [5.41, 5.74) is 14.5. The van der Waals surface area contributed by atoms with Gasteiger partial charge in [-0.25, -0.2) is 9.97 Å². The third-order valence-corrected chi connectivity index (χ3v) is 13.5. The number of benzene rings is 9. The Kier molecular flexibility index (Phi) is 9.31. The van der Waals surface area contributed by atoms with E-state index in [1.807, 2.05) is 71.3 Å². The van der Waals surface area contributed by atoms with Crippen LogP contribution in [-0.4, -0.2) is 18.9 Å². The first kappa shape index (κ1) is 41.1. The minimum atomic E-state index is 0. The maximum atomic E-state index is 7.05. The van der Waals surface area contributed by atoms with Gasteiger partial charge < -0.3 is 27.8 Å². The Labute approximate surface area is 420 Å². The van der Waals surface area contributed by atoms with Crippen molar-refractivity contribution in [2.45, 2.75) is 0 Å². The van der Waals surface area contributed by atoms with E-state index in [0.717, 1.165) is 106 Å². The number of hydrogen-bond acceptors (Lipinski definition) is 7. The molecular weight excluding hydrogens is 1060 g/mol. The number of hydrogen-bond donors (Lipinski definition) is 0. The van der Waals surface area contributed by atoms with Gasteiger partial charge in [0, 0.05) is 77.4 Å². The molecule has 5 aromatic heterocycles. The normalized spacial score (nSPS) is 12.6. The summed E-state index contributed by atoms with van der Waals surface area (Å²) < 4.78 is 24.7. The molecule has 0 unspecified atom stereocenters. The topological polar surface area (TPSA) is 77.1 Å². The summed E-state index contributed by atoms with van der Waals surface area (Å²) in [6.45, 7) is 2.16. The number of nitrogens with zero attached hydrogens (tertiary/aromatic N) is 6. The predicted molar refractivity (Wildman–Crippen MR) is 278 cm³/mol. The largest absolute Gasteiger partial charge is 0.512 e. The number of ether oxygens (including phenoxy) is 1. The fourth-order valence-corrected chi connectivity index (χ4v) is 10.4. The van der Waals surface area contributed by atoms with Crippen molar-refractivity contribution >= 4 is 94.5 Å². The number of aromatic nitrogens is 4. The molecule has 0 aliphatic carbocycles. The second-order valence-electron chi connectivity index (χ2n) is 17.4. The van der Waals surface area contributed by atoms with E-state index < -0.39 is 0 Å². The third kappa shape index (κ3) is 6.29. The standard InChI is InChI=1S/C61H35N6O3.Pt/c1-3-16-38(17-4-1)42-21-15-22-43(39-18-5-2-6-19-39)58(42)65-37-64(49-25-10-11-26-50(49)65)40-34-46-57-54(32-30-45-44-20-7-12-27-53(44)69-60(45)57)70-59(46)55(35-40)68-41-29-31-51-52(36-41)67(56-28-13-14-33-62-56)61-63-47-23-8-9-24-48(47)66(51)61;/h1-34,37H;/q-3;. The smallest absolute Gasteiger partial charge is 0.208 e. The molecule has 0 atom stereocenters. The Hall–Kier alpha value is -8.91. The number of pyridine rings is 1. The van der Waals surface area contributed by atoms with E-state index in [1.165, 1.54) is 0 Å². The van der Waals surface area contributed by atoms with Crippen LogP contribution in [0.2, 0.25) is 0 Å². The van der Waals surface area contributed by atoms with Crippen molar-refractivity contribution in [2.24, 2.45) is 0 Å². The SMILES string of the molecule is [Pt].[c-]1c(N2[CH-]N(c3c(-c4ccccc4)cccc3-c3ccccc3)c3ccccc32)cc2c(oc3ccc4c5ccccc5oc4c32)c1Oc1[c-]c2c(cc1)n1c3ccccc3nc1n2-c1ccccn1. The molecule has 0 radical (unpaired) electrons. The van der Waals surface area contributed by atoms with Crippen LogP contribution < -0.4 is 14.5 Å². The van der Waals surface area contributed by atoms with E-state index in [2.05, 4.69) is 166 Å². The van der Waals surface area contributed by atoms with Crippen LogP contribution in [0.15, 0.2) is 215 Å². The zero-order valence-corrected chi connectivity index (χ0v) is 39.7. The van der Waals surface area contributed by atoms with Crippen molar-refractivity contribution in [3.05, 3.63) is 225 Å². The summed E-state index contributed by atoms with van der Waals surface area (Å²) in [7, 11) is 0. The molecule has 1 aliphatic rings. The summed E-state index contributed by atoms with van der Waals surface area (Å²) in [5, 5.41) is 3.72. The van der Waals surface area contributed by atoms with E-state index in [-0.39, 0.29) is 21.1 Å². The van der Waals surface area contributed by atoms with Gasteiger partial charge in [-0.1, -0.05) is 138 Å². The Morgan fingerprint density at radius 3 is 2.03 bits per heavy atom. The van der Waals surface area contributed by atoms with Gasteiger partial charge in [-0.3, -0.25) is 4.57 Å². The molecule has 0 N–H and O–H groups in total. The molecule has 0 fully saturated rings. The van der Waals surface area contributed by atoms with Crippen molar-refractivity contribution in [3.63, 3.8) is 0 Å². The molecule has 0 bridgehead atoms. The summed E-state index contributed by atoms with van der Waals surface area (Å²) in [4.78, 5) is 14.3. The number of rotatable bonds is 7. The first-order valence-electron chi connectivity index (χ1n) is 23.1. The average Bonchev–Trinajstić information content (AvgIpc) is 4.24. The monoisotopic (exact) mass is 1090 g/mol. The summed E-state index contributed by atoms with van der Waals surface area (Å²) >= 11 is 0. The Morgan fingerprint density at radius 1 is 0.535 bits per heavy atom. The van der Waals surface area contributed by atoms with E-state index >= 15 is 0 Å². The van der Waals surface area contributed by atoms with Gasteiger partial charge in [-0.05, 0) is 76.8 Å². The van der Waals surface area contributed by atoms with E-state index in [4.69, 9.17) is 23.5 Å². The molecule has 0 saturated heterocycles. The molecule has 0 spiro atoms.